The second-order valence-corrected chi connectivity index (χ2v) is 23.3. The Morgan fingerprint density at radius 3 is 1.02 bits per heavy atom. The lowest BCUT2D eigenvalue weighted by atomic mass is 10.2. The minimum absolute atomic E-state index is 0.337. The van der Waals surface area contributed by atoms with Crippen molar-refractivity contribution in [2.75, 3.05) is 30.8 Å². The maximum Gasteiger partial charge on any atom is 0.0179 e. The Labute approximate surface area is 276 Å². The highest BCUT2D eigenvalue weighted by atomic mass is 32.4. The van der Waals surface area contributed by atoms with E-state index in [9.17, 15) is 0 Å². The van der Waals surface area contributed by atoms with Gasteiger partial charge in [-0.2, -0.15) is 0 Å². The fourth-order valence-electron chi connectivity index (χ4n) is 6.12. The molecule has 0 spiro atoms. The molecule has 5 rings (SSSR count). The largest absolute Gasteiger partial charge is 0.0974 e. The topological polar surface area (TPSA) is 0 Å². The Bertz CT molecular complexity index is 1530. The zero-order valence-corrected chi connectivity index (χ0v) is 29.0. The van der Waals surface area contributed by atoms with Gasteiger partial charge in [-0.25, -0.2) is 0 Å². The fraction of sp³-hybridized carbons (Fsp3) is 0.250. The van der Waals surface area contributed by atoms with Gasteiger partial charge in [-0.3, -0.25) is 0 Å². The Hall–Kier alpha value is -2.60. The van der Waals surface area contributed by atoms with Gasteiger partial charge in [-0.1, -0.05) is 175 Å². The normalized spacial score (nSPS) is 12.5. The first-order valence-corrected chi connectivity index (χ1v) is 22.5. The first-order valence-electron chi connectivity index (χ1n) is 15.9. The Morgan fingerprint density at radius 1 is 0.386 bits per heavy atom. The molecule has 0 radical (unpaired) electrons. The van der Waals surface area contributed by atoms with Crippen molar-refractivity contribution >= 4 is 35.7 Å². The molecule has 0 amide bonds. The molecule has 0 saturated carbocycles. The van der Waals surface area contributed by atoms with Crippen LogP contribution in [0.25, 0.3) is 0 Å². The molecule has 5 aromatic carbocycles. The van der Waals surface area contributed by atoms with Gasteiger partial charge in [0.2, 0.25) is 0 Å². The molecule has 0 aliphatic carbocycles. The van der Waals surface area contributed by atoms with Crippen LogP contribution in [-0.2, 0) is 49.3 Å². The van der Waals surface area contributed by atoms with E-state index in [1.165, 1.54) is 27.8 Å². The minimum atomic E-state index is -1.88. The highest BCUT2D eigenvalue weighted by Gasteiger charge is 2.34. The molecule has 0 heterocycles. The van der Waals surface area contributed by atoms with E-state index in [4.69, 9.17) is 23.6 Å². The van der Waals surface area contributed by atoms with Crippen molar-refractivity contribution in [3.05, 3.63) is 179 Å². The Kier molecular flexibility index (Phi) is 12.4. The van der Waals surface area contributed by atoms with Crippen molar-refractivity contribution in [2.45, 2.75) is 31.3 Å². The van der Waals surface area contributed by atoms with Crippen molar-refractivity contribution < 1.29 is 0 Å². The van der Waals surface area contributed by atoms with Crippen LogP contribution in [0.2, 0.25) is 0 Å². The molecule has 4 heteroatoms. The average molecular weight is 651 g/mol. The zero-order valence-electron chi connectivity index (χ0n) is 25.6. The van der Waals surface area contributed by atoms with Crippen molar-refractivity contribution in [2.24, 2.45) is 0 Å². The molecule has 0 nitrogen and oxygen atoms in total. The number of rotatable bonds is 16. The standard InChI is InChI=1S/C40H44P2S2/c43-41(30-26-35-16-6-1-7-17-35,31-27-36-18-8-2-9-19-36)34-40(39-24-14-5-15-25-39)42(44,32-28-37-20-10-3-11-21-37)33-29-38-22-12-4-13-23-38/h1-25,40H,26-34H2. The molecule has 44 heavy (non-hydrogen) atoms. The smallest absolute Gasteiger partial charge is 0.0179 e. The highest BCUT2D eigenvalue weighted by Crippen LogP contribution is 2.65. The lowest BCUT2D eigenvalue weighted by Crippen LogP contribution is -2.16. The third-order valence-electron chi connectivity index (χ3n) is 8.80. The van der Waals surface area contributed by atoms with E-state index < -0.39 is 12.1 Å². The predicted octanol–water partition coefficient (Wildman–Crippen LogP) is 10.7. The third-order valence-corrected chi connectivity index (χ3v) is 19.2. The summed E-state index contributed by atoms with van der Waals surface area (Å²) in [5.41, 5.74) is 7.31. The molecule has 0 fully saturated rings. The summed E-state index contributed by atoms with van der Waals surface area (Å²) >= 11 is 13.9. The second-order valence-electron chi connectivity index (χ2n) is 12.0. The van der Waals surface area contributed by atoms with E-state index in [1.807, 2.05) is 0 Å². The molecule has 226 valence electrons. The van der Waals surface area contributed by atoms with Crippen molar-refractivity contribution in [1.82, 2.24) is 0 Å². The summed E-state index contributed by atoms with van der Waals surface area (Å²) in [6, 6.07) is 51.3. The first-order chi connectivity index (χ1) is 21.5. The van der Waals surface area contributed by atoms with Crippen LogP contribution < -0.4 is 0 Å². The van der Waals surface area contributed by atoms with Crippen molar-refractivity contribution in [3.8, 4) is 0 Å². The fourth-order valence-corrected chi connectivity index (χ4v) is 16.7. The van der Waals surface area contributed by atoms with Crippen LogP contribution in [-0.4, -0.2) is 30.8 Å². The maximum atomic E-state index is 7.01. The van der Waals surface area contributed by atoms with E-state index in [0.29, 0.717) is 5.66 Å². The molecule has 1 unspecified atom stereocenters. The molecule has 0 bridgehead atoms. The van der Waals surface area contributed by atoms with Gasteiger partial charge < -0.3 is 0 Å². The van der Waals surface area contributed by atoms with Gasteiger partial charge in [-0.05, 0) is 96.4 Å². The van der Waals surface area contributed by atoms with E-state index in [0.717, 1.165) is 56.5 Å². The Balaban J connectivity index is 1.49. The van der Waals surface area contributed by atoms with Crippen LogP contribution >= 0.6 is 12.1 Å². The summed E-state index contributed by atoms with van der Waals surface area (Å²) in [6.45, 7) is 0. The SMILES string of the molecule is S=P(CCc1ccccc1)(CCc1ccccc1)CC(c1ccccc1)P(=S)(CCc1ccccc1)CCc1ccccc1. The summed E-state index contributed by atoms with van der Waals surface area (Å²) in [5, 5.41) is 0. The summed E-state index contributed by atoms with van der Waals surface area (Å²) in [4.78, 5) is 0. The van der Waals surface area contributed by atoms with Gasteiger partial charge in [0, 0.05) is 5.66 Å². The van der Waals surface area contributed by atoms with Crippen LogP contribution in [0.15, 0.2) is 152 Å². The molecule has 5 aromatic rings. The zero-order chi connectivity index (χ0) is 30.5. The van der Waals surface area contributed by atoms with Gasteiger partial charge in [-0.15, -0.1) is 0 Å². The van der Waals surface area contributed by atoms with Crippen LogP contribution in [0.5, 0.6) is 0 Å². The average Bonchev–Trinajstić information content (AvgIpc) is 3.09. The molecule has 0 aliphatic rings. The third kappa shape index (κ3) is 9.95. The molecule has 1 atom stereocenters. The molecule has 0 saturated heterocycles. The predicted molar refractivity (Wildman–Crippen MR) is 203 cm³/mol. The Morgan fingerprint density at radius 2 is 0.682 bits per heavy atom. The molecule has 0 aliphatic heterocycles. The lowest BCUT2D eigenvalue weighted by Gasteiger charge is -2.37. The highest BCUT2D eigenvalue weighted by molar-refractivity contribution is 8.16. The maximum absolute atomic E-state index is 7.01. The van der Waals surface area contributed by atoms with E-state index >= 15 is 0 Å². The quantitative estimate of drug-likeness (QED) is 0.0975. The van der Waals surface area contributed by atoms with Gasteiger partial charge in [0.25, 0.3) is 0 Å². The summed E-state index contributed by atoms with van der Waals surface area (Å²) in [6.07, 6.45) is 9.56. The van der Waals surface area contributed by atoms with E-state index in [-0.39, 0.29) is 0 Å². The number of hydrogen-bond acceptors (Lipinski definition) is 2. The van der Waals surface area contributed by atoms with Crippen LogP contribution in [0.4, 0.5) is 0 Å². The van der Waals surface area contributed by atoms with Gasteiger partial charge >= 0.3 is 0 Å². The monoisotopic (exact) mass is 650 g/mol. The second kappa shape index (κ2) is 16.6. The molecule has 0 N–H and O–H groups in total. The number of hydrogen-bond donors (Lipinski definition) is 0. The van der Waals surface area contributed by atoms with Crippen molar-refractivity contribution in [1.29, 1.82) is 0 Å². The molecule has 0 aromatic heterocycles. The van der Waals surface area contributed by atoms with Gasteiger partial charge in [0.15, 0.2) is 0 Å². The number of aryl methyl sites for hydroxylation is 4. The summed E-state index contributed by atoms with van der Waals surface area (Å²) in [5.74, 6) is 0. The number of benzene rings is 5. The van der Waals surface area contributed by atoms with Gasteiger partial charge in [0.05, 0.1) is 0 Å². The van der Waals surface area contributed by atoms with Crippen LogP contribution in [0.3, 0.4) is 0 Å². The summed E-state index contributed by atoms with van der Waals surface area (Å²) in [7, 11) is 0. The summed E-state index contributed by atoms with van der Waals surface area (Å²) < 4.78 is 0. The molecular weight excluding hydrogens is 607 g/mol. The van der Waals surface area contributed by atoms with Gasteiger partial charge in [0.1, 0.15) is 0 Å². The van der Waals surface area contributed by atoms with Crippen molar-refractivity contribution in [3.63, 3.8) is 0 Å². The van der Waals surface area contributed by atoms with Crippen LogP contribution in [0.1, 0.15) is 33.5 Å². The lowest BCUT2D eigenvalue weighted by molar-refractivity contribution is 0.999. The minimum Gasteiger partial charge on any atom is -0.0974 e. The van der Waals surface area contributed by atoms with Crippen LogP contribution in [0, 0.1) is 0 Å². The van der Waals surface area contributed by atoms with E-state index in [1.54, 1.807) is 0 Å². The molecular formula is C40H44P2S2. The first kappa shape index (κ1) is 32.8. The van der Waals surface area contributed by atoms with E-state index in [2.05, 4.69) is 152 Å².